The normalized spacial score (nSPS) is 18.3. The van der Waals surface area contributed by atoms with Crippen molar-refractivity contribution in [2.75, 3.05) is 13.1 Å². The Hall–Kier alpha value is -0.870. The molecule has 2 aromatic rings. The molecule has 1 saturated heterocycles. The SMILES string of the molecule is Cc1cc(Br)cc2[nH]c(C(C)C3CNC3)nc12. The van der Waals surface area contributed by atoms with Crippen molar-refractivity contribution in [1.29, 1.82) is 0 Å². The number of fused-ring (bicyclic) bond motifs is 1. The highest BCUT2D eigenvalue weighted by Crippen LogP contribution is 2.29. The number of aryl methyl sites for hydroxylation is 1. The van der Waals surface area contributed by atoms with Gasteiger partial charge in [0.2, 0.25) is 0 Å². The van der Waals surface area contributed by atoms with Gasteiger partial charge in [-0.15, -0.1) is 0 Å². The summed E-state index contributed by atoms with van der Waals surface area (Å²) < 4.78 is 1.11. The van der Waals surface area contributed by atoms with Crippen molar-refractivity contribution in [3.63, 3.8) is 0 Å². The molecule has 1 atom stereocenters. The topological polar surface area (TPSA) is 40.7 Å². The van der Waals surface area contributed by atoms with Gasteiger partial charge in [0, 0.05) is 10.4 Å². The Kier molecular flexibility index (Phi) is 2.71. The summed E-state index contributed by atoms with van der Waals surface area (Å²) in [5.74, 6) is 2.34. The number of aromatic amines is 1. The number of benzene rings is 1. The van der Waals surface area contributed by atoms with E-state index in [-0.39, 0.29) is 0 Å². The molecule has 3 nitrogen and oxygen atoms in total. The maximum atomic E-state index is 4.75. The molecular formula is C13H16BrN3. The summed E-state index contributed by atoms with van der Waals surface area (Å²) in [6, 6.07) is 4.22. The Balaban J connectivity index is 2.03. The van der Waals surface area contributed by atoms with Crippen LogP contribution < -0.4 is 5.32 Å². The fourth-order valence-corrected chi connectivity index (χ4v) is 2.94. The molecule has 1 aliphatic rings. The fraction of sp³-hybridized carbons (Fsp3) is 0.462. The highest BCUT2D eigenvalue weighted by Gasteiger charge is 2.26. The van der Waals surface area contributed by atoms with E-state index in [1.165, 1.54) is 5.56 Å². The van der Waals surface area contributed by atoms with Gasteiger partial charge < -0.3 is 10.3 Å². The number of H-pyrrole nitrogens is 1. The Morgan fingerprint density at radius 1 is 1.41 bits per heavy atom. The van der Waals surface area contributed by atoms with E-state index in [0.717, 1.165) is 40.3 Å². The van der Waals surface area contributed by atoms with Crippen LogP contribution in [0.2, 0.25) is 0 Å². The first-order chi connectivity index (χ1) is 8.15. The number of nitrogens with zero attached hydrogens (tertiary/aromatic N) is 1. The van der Waals surface area contributed by atoms with Crippen molar-refractivity contribution < 1.29 is 0 Å². The molecular weight excluding hydrogens is 278 g/mol. The number of aromatic nitrogens is 2. The third-order valence-electron chi connectivity index (χ3n) is 3.71. The molecule has 1 aromatic carbocycles. The fourth-order valence-electron chi connectivity index (χ4n) is 2.37. The lowest BCUT2D eigenvalue weighted by Crippen LogP contribution is -2.44. The molecule has 4 heteroatoms. The zero-order chi connectivity index (χ0) is 12.0. The Bertz CT molecular complexity index is 557. The number of nitrogens with one attached hydrogen (secondary N) is 2. The zero-order valence-corrected chi connectivity index (χ0v) is 11.6. The van der Waals surface area contributed by atoms with E-state index in [4.69, 9.17) is 4.98 Å². The first-order valence-corrected chi connectivity index (χ1v) is 6.81. The van der Waals surface area contributed by atoms with Gasteiger partial charge in [-0.05, 0) is 43.6 Å². The second-order valence-corrected chi connectivity index (χ2v) is 5.86. The lowest BCUT2D eigenvalue weighted by Gasteiger charge is -2.31. The van der Waals surface area contributed by atoms with Crippen LogP contribution in [0, 0.1) is 12.8 Å². The van der Waals surface area contributed by atoms with Crippen LogP contribution in [0.4, 0.5) is 0 Å². The van der Waals surface area contributed by atoms with Crippen LogP contribution in [0.1, 0.15) is 24.2 Å². The number of rotatable bonds is 2. The number of imidazole rings is 1. The van der Waals surface area contributed by atoms with Gasteiger partial charge in [0.15, 0.2) is 0 Å². The monoisotopic (exact) mass is 293 g/mol. The molecule has 1 unspecified atom stereocenters. The Labute approximate surface area is 109 Å². The molecule has 0 radical (unpaired) electrons. The molecule has 0 bridgehead atoms. The van der Waals surface area contributed by atoms with Gasteiger partial charge in [0.1, 0.15) is 5.82 Å². The summed E-state index contributed by atoms with van der Waals surface area (Å²) in [7, 11) is 0. The Morgan fingerprint density at radius 3 is 2.82 bits per heavy atom. The second-order valence-electron chi connectivity index (χ2n) is 4.95. The third kappa shape index (κ3) is 1.89. The molecule has 1 aromatic heterocycles. The minimum Gasteiger partial charge on any atom is -0.342 e. The smallest absolute Gasteiger partial charge is 0.110 e. The molecule has 17 heavy (non-hydrogen) atoms. The van der Waals surface area contributed by atoms with Gasteiger partial charge in [-0.2, -0.15) is 0 Å². The van der Waals surface area contributed by atoms with Crippen molar-refractivity contribution in [2.24, 2.45) is 5.92 Å². The van der Waals surface area contributed by atoms with Gasteiger partial charge in [0.25, 0.3) is 0 Å². The summed E-state index contributed by atoms with van der Waals surface area (Å²) in [6.07, 6.45) is 0. The molecule has 2 heterocycles. The second kappa shape index (κ2) is 4.10. The highest BCUT2D eigenvalue weighted by atomic mass is 79.9. The highest BCUT2D eigenvalue weighted by molar-refractivity contribution is 9.10. The molecule has 0 aliphatic carbocycles. The van der Waals surface area contributed by atoms with Crippen LogP contribution in [0.15, 0.2) is 16.6 Å². The van der Waals surface area contributed by atoms with Crippen LogP contribution in [-0.2, 0) is 0 Å². The average Bonchev–Trinajstić information content (AvgIpc) is 2.58. The van der Waals surface area contributed by atoms with E-state index in [1.807, 2.05) is 0 Å². The predicted octanol–water partition coefficient (Wildman–Crippen LogP) is 2.96. The molecule has 90 valence electrons. The van der Waals surface area contributed by atoms with Gasteiger partial charge >= 0.3 is 0 Å². The van der Waals surface area contributed by atoms with E-state index < -0.39 is 0 Å². The van der Waals surface area contributed by atoms with Crippen LogP contribution in [0.3, 0.4) is 0 Å². The van der Waals surface area contributed by atoms with Gasteiger partial charge in [-0.1, -0.05) is 22.9 Å². The zero-order valence-electron chi connectivity index (χ0n) is 10.0. The third-order valence-corrected chi connectivity index (χ3v) is 4.17. The summed E-state index contributed by atoms with van der Waals surface area (Å²) in [6.45, 7) is 6.59. The lowest BCUT2D eigenvalue weighted by atomic mass is 9.88. The molecule has 1 aliphatic heterocycles. The standard InChI is InChI=1S/C13H16BrN3/c1-7-3-10(14)4-11-12(7)17-13(16-11)8(2)9-5-15-6-9/h3-4,8-9,15H,5-6H2,1-2H3,(H,16,17). The molecule has 1 fully saturated rings. The van der Waals surface area contributed by atoms with Gasteiger partial charge in [-0.3, -0.25) is 0 Å². The summed E-state index contributed by atoms with van der Waals surface area (Å²) >= 11 is 3.53. The van der Waals surface area contributed by atoms with Crippen molar-refractivity contribution >= 4 is 27.0 Å². The number of hydrogen-bond donors (Lipinski definition) is 2. The minimum absolute atomic E-state index is 0.502. The van der Waals surface area contributed by atoms with E-state index in [9.17, 15) is 0 Å². The van der Waals surface area contributed by atoms with E-state index >= 15 is 0 Å². The average molecular weight is 294 g/mol. The summed E-state index contributed by atoms with van der Waals surface area (Å²) in [5, 5.41) is 3.32. The van der Waals surface area contributed by atoms with Crippen molar-refractivity contribution in [2.45, 2.75) is 19.8 Å². The number of hydrogen-bond acceptors (Lipinski definition) is 2. The summed E-state index contributed by atoms with van der Waals surface area (Å²) in [4.78, 5) is 8.21. The van der Waals surface area contributed by atoms with Crippen molar-refractivity contribution in [1.82, 2.24) is 15.3 Å². The first-order valence-electron chi connectivity index (χ1n) is 6.01. The van der Waals surface area contributed by atoms with Gasteiger partial charge in [-0.25, -0.2) is 4.98 Å². The van der Waals surface area contributed by atoms with Crippen LogP contribution >= 0.6 is 15.9 Å². The van der Waals surface area contributed by atoms with E-state index in [1.54, 1.807) is 0 Å². The maximum absolute atomic E-state index is 4.75. The van der Waals surface area contributed by atoms with Crippen LogP contribution in [-0.4, -0.2) is 23.1 Å². The van der Waals surface area contributed by atoms with Crippen LogP contribution in [0.25, 0.3) is 11.0 Å². The van der Waals surface area contributed by atoms with Crippen molar-refractivity contribution in [3.05, 3.63) is 28.0 Å². The maximum Gasteiger partial charge on any atom is 0.110 e. The minimum atomic E-state index is 0.502. The van der Waals surface area contributed by atoms with Crippen LogP contribution in [0.5, 0.6) is 0 Å². The largest absolute Gasteiger partial charge is 0.342 e. The predicted molar refractivity (Wildman–Crippen MR) is 73.3 cm³/mol. The summed E-state index contributed by atoms with van der Waals surface area (Å²) in [5.41, 5.74) is 3.45. The Morgan fingerprint density at radius 2 is 2.18 bits per heavy atom. The molecule has 0 saturated carbocycles. The number of halogens is 1. The van der Waals surface area contributed by atoms with E-state index in [0.29, 0.717) is 5.92 Å². The van der Waals surface area contributed by atoms with Gasteiger partial charge in [0.05, 0.1) is 11.0 Å². The molecule has 3 rings (SSSR count). The first kappa shape index (κ1) is 11.2. The lowest BCUT2D eigenvalue weighted by molar-refractivity contribution is 0.297. The molecule has 0 amide bonds. The molecule has 2 N–H and O–H groups in total. The molecule has 0 spiro atoms. The van der Waals surface area contributed by atoms with Crippen molar-refractivity contribution in [3.8, 4) is 0 Å². The quantitative estimate of drug-likeness (QED) is 0.894. The van der Waals surface area contributed by atoms with E-state index in [2.05, 4.69) is 52.2 Å².